The zero-order valence-corrected chi connectivity index (χ0v) is 13.4. The van der Waals surface area contributed by atoms with Crippen LogP contribution >= 0.6 is 11.8 Å². The van der Waals surface area contributed by atoms with E-state index in [9.17, 15) is 4.79 Å². The van der Waals surface area contributed by atoms with Crippen molar-refractivity contribution in [1.29, 1.82) is 0 Å². The highest BCUT2D eigenvalue weighted by atomic mass is 32.2. The van der Waals surface area contributed by atoms with Gasteiger partial charge in [-0.05, 0) is 55.1 Å². The van der Waals surface area contributed by atoms with E-state index in [1.807, 2.05) is 23.9 Å². The van der Waals surface area contributed by atoms with Crippen molar-refractivity contribution in [3.63, 3.8) is 0 Å². The van der Waals surface area contributed by atoms with Crippen LogP contribution in [0, 0.1) is 5.92 Å². The topological polar surface area (TPSA) is 29.5 Å². The SMILES string of the molecule is COc1cccc([C@H]2CCCN2C(=O)CSCC2CC2)c1. The van der Waals surface area contributed by atoms with Gasteiger partial charge in [-0.25, -0.2) is 0 Å². The smallest absolute Gasteiger partial charge is 0.233 e. The molecule has 114 valence electrons. The molecule has 2 aliphatic rings. The summed E-state index contributed by atoms with van der Waals surface area (Å²) in [7, 11) is 1.69. The maximum absolute atomic E-state index is 12.5. The molecule has 1 saturated carbocycles. The number of ether oxygens (including phenoxy) is 1. The number of rotatable bonds is 6. The summed E-state index contributed by atoms with van der Waals surface area (Å²) < 4.78 is 5.30. The van der Waals surface area contributed by atoms with Crippen LogP contribution < -0.4 is 4.74 Å². The van der Waals surface area contributed by atoms with Gasteiger partial charge in [-0.1, -0.05) is 12.1 Å². The number of nitrogens with zero attached hydrogens (tertiary/aromatic N) is 1. The van der Waals surface area contributed by atoms with Crippen molar-refractivity contribution in [1.82, 2.24) is 4.90 Å². The first-order chi connectivity index (χ1) is 10.3. The predicted molar refractivity (Wildman–Crippen MR) is 86.7 cm³/mol. The van der Waals surface area contributed by atoms with Crippen molar-refractivity contribution in [2.75, 3.05) is 25.2 Å². The molecule has 0 radical (unpaired) electrons. The monoisotopic (exact) mass is 305 g/mol. The normalized spacial score (nSPS) is 21.6. The number of hydrogen-bond acceptors (Lipinski definition) is 3. The number of methoxy groups -OCH3 is 1. The lowest BCUT2D eigenvalue weighted by molar-refractivity contribution is -0.129. The maximum atomic E-state index is 12.5. The Morgan fingerprint density at radius 3 is 3.00 bits per heavy atom. The highest BCUT2D eigenvalue weighted by molar-refractivity contribution is 7.99. The first-order valence-electron chi connectivity index (χ1n) is 7.79. The molecule has 1 aliphatic carbocycles. The molecular formula is C17H23NO2S. The van der Waals surface area contributed by atoms with Gasteiger partial charge < -0.3 is 9.64 Å². The third-order valence-corrected chi connectivity index (χ3v) is 5.49. The lowest BCUT2D eigenvalue weighted by atomic mass is 10.0. The lowest BCUT2D eigenvalue weighted by Gasteiger charge is -2.25. The Balaban J connectivity index is 1.61. The summed E-state index contributed by atoms with van der Waals surface area (Å²) in [4.78, 5) is 14.5. The predicted octanol–water partition coefficient (Wildman–Crippen LogP) is 3.50. The van der Waals surface area contributed by atoms with E-state index in [1.54, 1.807) is 7.11 Å². The number of hydrogen-bond donors (Lipinski definition) is 0. The third kappa shape index (κ3) is 3.73. The first kappa shape index (κ1) is 14.8. The molecule has 3 rings (SSSR count). The van der Waals surface area contributed by atoms with Gasteiger partial charge in [-0.2, -0.15) is 11.8 Å². The molecule has 4 heteroatoms. The molecule has 3 nitrogen and oxygen atoms in total. The van der Waals surface area contributed by atoms with Crippen molar-refractivity contribution in [2.45, 2.75) is 31.7 Å². The second kappa shape index (κ2) is 6.73. The molecule has 0 bridgehead atoms. The highest BCUT2D eigenvalue weighted by Gasteiger charge is 2.30. The number of benzene rings is 1. The highest BCUT2D eigenvalue weighted by Crippen LogP contribution is 2.35. The van der Waals surface area contributed by atoms with Crippen molar-refractivity contribution in [3.05, 3.63) is 29.8 Å². The fourth-order valence-electron chi connectivity index (χ4n) is 2.94. The third-order valence-electron chi connectivity index (χ3n) is 4.33. The molecule has 1 amide bonds. The van der Waals surface area contributed by atoms with Gasteiger partial charge in [0.2, 0.25) is 5.91 Å². The minimum atomic E-state index is 0.231. The average molecular weight is 305 g/mol. The molecule has 1 atom stereocenters. The van der Waals surface area contributed by atoms with Crippen LogP contribution in [0.4, 0.5) is 0 Å². The zero-order valence-electron chi connectivity index (χ0n) is 12.6. The Bertz CT molecular complexity index is 501. The molecule has 1 aromatic rings. The van der Waals surface area contributed by atoms with Crippen LogP contribution in [0.2, 0.25) is 0 Å². The Hall–Kier alpha value is -1.16. The van der Waals surface area contributed by atoms with Crippen LogP contribution in [-0.2, 0) is 4.79 Å². The fourth-order valence-corrected chi connectivity index (χ4v) is 4.07. The Morgan fingerprint density at radius 2 is 2.24 bits per heavy atom. The molecule has 1 aliphatic heterocycles. The van der Waals surface area contributed by atoms with Crippen molar-refractivity contribution in [3.8, 4) is 5.75 Å². The van der Waals surface area contributed by atoms with E-state index in [1.165, 1.54) is 18.4 Å². The molecule has 1 aromatic carbocycles. The number of amides is 1. The van der Waals surface area contributed by atoms with Gasteiger partial charge in [-0.3, -0.25) is 4.79 Å². The second-order valence-electron chi connectivity index (χ2n) is 5.98. The van der Waals surface area contributed by atoms with E-state index >= 15 is 0 Å². The summed E-state index contributed by atoms with van der Waals surface area (Å²) in [5.41, 5.74) is 1.20. The first-order valence-corrected chi connectivity index (χ1v) is 8.94. The number of thioether (sulfide) groups is 1. The van der Waals surface area contributed by atoms with Crippen LogP contribution in [-0.4, -0.2) is 36.0 Å². The molecule has 0 aromatic heterocycles. The quantitative estimate of drug-likeness (QED) is 0.805. The Labute approximate surface area is 131 Å². The zero-order chi connectivity index (χ0) is 14.7. The van der Waals surface area contributed by atoms with Crippen molar-refractivity contribution >= 4 is 17.7 Å². The maximum Gasteiger partial charge on any atom is 0.233 e. The van der Waals surface area contributed by atoms with E-state index in [0.29, 0.717) is 11.7 Å². The largest absolute Gasteiger partial charge is 0.497 e. The summed E-state index contributed by atoms with van der Waals surface area (Å²) in [6.07, 6.45) is 4.88. The Kier molecular flexibility index (Phi) is 4.73. The molecule has 21 heavy (non-hydrogen) atoms. The summed E-state index contributed by atoms with van der Waals surface area (Å²) in [6, 6.07) is 8.37. The van der Waals surface area contributed by atoms with E-state index in [4.69, 9.17) is 4.74 Å². The van der Waals surface area contributed by atoms with E-state index in [-0.39, 0.29) is 6.04 Å². The van der Waals surface area contributed by atoms with E-state index in [0.717, 1.165) is 36.8 Å². The molecule has 1 saturated heterocycles. The molecule has 0 unspecified atom stereocenters. The van der Waals surface area contributed by atoms with Crippen LogP contribution in [0.15, 0.2) is 24.3 Å². The van der Waals surface area contributed by atoms with Gasteiger partial charge in [0, 0.05) is 6.54 Å². The summed E-state index contributed by atoms with van der Waals surface area (Å²) in [5.74, 6) is 3.84. The average Bonchev–Trinajstić information content (AvgIpc) is 3.20. The molecular weight excluding hydrogens is 282 g/mol. The van der Waals surface area contributed by atoms with Gasteiger partial charge in [0.05, 0.1) is 18.9 Å². The molecule has 1 heterocycles. The molecule has 0 spiro atoms. The van der Waals surface area contributed by atoms with Gasteiger partial charge in [-0.15, -0.1) is 0 Å². The second-order valence-corrected chi connectivity index (χ2v) is 7.01. The van der Waals surface area contributed by atoms with Crippen molar-refractivity contribution < 1.29 is 9.53 Å². The lowest BCUT2D eigenvalue weighted by Crippen LogP contribution is -2.32. The van der Waals surface area contributed by atoms with Gasteiger partial charge in [0.15, 0.2) is 0 Å². The number of likely N-dealkylation sites (tertiary alicyclic amines) is 1. The van der Waals surface area contributed by atoms with Crippen LogP contribution in [0.3, 0.4) is 0 Å². The van der Waals surface area contributed by atoms with Crippen LogP contribution in [0.5, 0.6) is 5.75 Å². The Morgan fingerprint density at radius 1 is 1.38 bits per heavy atom. The number of carbonyl (C=O) groups is 1. The number of carbonyl (C=O) groups excluding carboxylic acids is 1. The van der Waals surface area contributed by atoms with Gasteiger partial charge in [0.1, 0.15) is 5.75 Å². The molecule has 2 fully saturated rings. The standard InChI is InChI=1S/C17H23NO2S/c1-20-15-5-2-4-14(10-15)16-6-3-9-18(16)17(19)12-21-11-13-7-8-13/h2,4-5,10,13,16H,3,6-9,11-12H2,1H3/t16-/m1/s1. The van der Waals surface area contributed by atoms with Crippen LogP contribution in [0.25, 0.3) is 0 Å². The summed E-state index contributed by atoms with van der Waals surface area (Å²) in [5, 5.41) is 0. The van der Waals surface area contributed by atoms with E-state index < -0.39 is 0 Å². The summed E-state index contributed by atoms with van der Waals surface area (Å²) >= 11 is 1.81. The van der Waals surface area contributed by atoms with Gasteiger partial charge in [0.25, 0.3) is 0 Å². The summed E-state index contributed by atoms with van der Waals surface area (Å²) in [6.45, 7) is 0.894. The minimum absolute atomic E-state index is 0.231. The van der Waals surface area contributed by atoms with E-state index in [2.05, 4.69) is 17.0 Å². The van der Waals surface area contributed by atoms with Gasteiger partial charge >= 0.3 is 0 Å². The molecule has 0 N–H and O–H groups in total. The fraction of sp³-hybridized carbons (Fsp3) is 0.588. The minimum Gasteiger partial charge on any atom is -0.497 e. The van der Waals surface area contributed by atoms with Crippen molar-refractivity contribution in [2.24, 2.45) is 5.92 Å². The van der Waals surface area contributed by atoms with Crippen LogP contribution in [0.1, 0.15) is 37.3 Å².